The Labute approximate surface area is 148 Å². The third kappa shape index (κ3) is 3.54. The molecule has 3 rings (SSSR count). The molecule has 1 saturated carbocycles. The van der Waals surface area contributed by atoms with E-state index in [1.54, 1.807) is 14.0 Å². The van der Waals surface area contributed by atoms with Crippen molar-refractivity contribution in [1.82, 2.24) is 4.90 Å². The van der Waals surface area contributed by atoms with E-state index in [4.69, 9.17) is 9.47 Å². The maximum atomic E-state index is 11.3. The van der Waals surface area contributed by atoms with E-state index in [-0.39, 0.29) is 12.5 Å². The van der Waals surface area contributed by atoms with E-state index < -0.39 is 17.6 Å². The van der Waals surface area contributed by atoms with E-state index in [1.165, 1.54) is 17.7 Å². The second-order valence-electron chi connectivity index (χ2n) is 7.55. The third-order valence-electron chi connectivity index (χ3n) is 5.70. The standard InChI is InChI=1S/C19H27NO5/c1-12(21)19(2)11-20(18(22)23)9-15(19)14-6-7-16(24-3)17(8-14)25-10-13-4-5-13/h6-8,12-13,15,21H,4-5,9-11H2,1-3H3,(H,22,23)/p-1. The highest BCUT2D eigenvalue weighted by Gasteiger charge is 2.47. The molecule has 1 N–H and O–H groups in total. The maximum Gasteiger partial charge on any atom is 0.161 e. The number of hydrogen-bond donors (Lipinski definition) is 1. The molecule has 138 valence electrons. The van der Waals surface area contributed by atoms with Crippen molar-refractivity contribution in [2.45, 2.75) is 38.7 Å². The van der Waals surface area contributed by atoms with Crippen LogP contribution in [0.25, 0.3) is 0 Å². The van der Waals surface area contributed by atoms with Crippen LogP contribution in [-0.2, 0) is 0 Å². The van der Waals surface area contributed by atoms with Crippen LogP contribution in [0.5, 0.6) is 11.5 Å². The first kappa shape index (κ1) is 17.9. The summed E-state index contributed by atoms with van der Waals surface area (Å²) in [4.78, 5) is 12.6. The summed E-state index contributed by atoms with van der Waals surface area (Å²) in [5.41, 5.74) is 0.362. The minimum Gasteiger partial charge on any atom is -0.530 e. The molecule has 1 amide bonds. The van der Waals surface area contributed by atoms with Crippen molar-refractivity contribution >= 4 is 6.09 Å². The molecule has 1 saturated heterocycles. The molecule has 0 spiro atoms. The molecule has 3 unspecified atom stereocenters. The summed E-state index contributed by atoms with van der Waals surface area (Å²) >= 11 is 0. The second-order valence-corrected chi connectivity index (χ2v) is 7.55. The average Bonchev–Trinajstić information content (AvgIpc) is 3.33. The smallest absolute Gasteiger partial charge is 0.161 e. The normalized spacial score (nSPS) is 27.2. The molecule has 1 aliphatic heterocycles. The highest BCUT2D eigenvalue weighted by atomic mass is 16.5. The van der Waals surface area contributed by atoms with Crippen molar-refractivity contribution in [3.05, 3.63) is 23.8 Å². The van der Waals surface area contributed by atoms with Crippen LogP contribution >= 0.6 is 0 Å². The molecule has 25 heavy (non-hydrogen) atoms. The summed E-state index contributed by atoms with van der Waals surface area (Å²) in [6, 6.07) is 5.69. The fourth-order valence-corrected chi connectivity index (χ4v) is 3.58. The Kier molecular flexibility index (Phi) is 4.82. The van der Waals surface area contributed by atoms with Gasteiger partial charge in [0.25, 0.3) is 0 Å². The molecular formula is C19H26NO5-. The largest absolute Gasteiger partial charge is 0.530 e. The number of likely N-dealkylation sites (tertiary alicyclic amines) is 1. The minimum absolute atomic E-state index is 0.139. The van der Waals surface area contributed by atoms with Crippen molar-refractivity contribution in [3.8, 4) is 11.5 Å². The number of nitrogens with zero attached hydrogens (tertiary/aromatic N) is 1. The zero-order chi connectivity index (χ0) is 18.2. The van der Waals surface area contributed by atoms with Crippen molar-refractivity contribution in [2.75, 3.05) is 26.8 Å². The van der Waals surface area contributed by atoms with Crippen molar-refractivity contribution < 1.29 is 24.5 Å². The Hall–Kier alpha value is -1.95. The Morgan fingerprint density at radius 1 is 1.44 bits per heavy atom. The van der Waals surface area contributed by atoms with Crippen LogP contribution in [0, 0.1) is 11.3 Å². The quantitative estimate of drug-likeness (QED) is 0.845. The molecule has 1 aromatic rings. The van der Waals surface area contributed by atoms with Gasteiger partial charge in [0, 0.05) is 24.4 Å². The molecule has 1 aromatic carbocycles. The predicted molar refractivity (Wildman–Crippen MR) is 90.7 cm³/mol. The van der Waals surface area contributed by atoms with Crippen LogP contribution < -0.4 is 14.6 Å². The van der Waals surface area contributed by atoms with E-state index in [1.807, 2.05) is 25.1 Å². The Bertz CT molecular complexity index is 643. The van der Waals surface area contributed by atoms with E-state index in [9.17, 15) is 15.0 Å². The first-order chi connectivity index (χ1) is 11.8. The SMILES string of the molecule is COc1ccc(C2CN(C(=O)[O-])CC2(C)C(C)O)cc1OCC1CC1. The number of methoxy groups -OCH3 is 1. The van der Waals surface area contributed by atoms with Gasteiger partial charge in [0.05, 0.1) is 19.8 Å². The molecule has 0 radical (unpaired) electrons. The van der Waals surface area contributed by atoms with Gasteiger partial charge in [0.2, 0.25) is 0 Å². The first-order valence-electron chi connectivity index (χ1n) is 8.80. The minimum atomic E-state index is -1.20. The Morgan fingerprint density at radius 2 is 2.16 bits per heavy atom. The van der Waals surface area contributed by atoms with Gasteiger partial charge in [-0.15, -0.1) is 0 Å². The van der Waals surface area contributed by atoms with Crippen LogP contribution in [0.4, 0.5) is 4.79 Å². The number of carbonyl (C=O) groups excluding carboxylic acids is 1. The molecule has 6 nitrogen and oxygen atoms in total. The van der Waals surface area contributed by atoms with E-state index in [2.05, 4.69) is 0 Å². The van der Waals surface area contributed by atoms with Gasteiger partial charge in [-0.25, -0.2) is 0 Å². The topological polar surface area (TPSA) is 82.1 Å². The lowest BCUT2D eigenvalue weighted by molar-refractivity contribution is -0.264. The summed E-state index contributed by atoms with van der Waals surface area (Å²) in [5, 5.41) is 21.6. The molecule has 0 bridgehead atoms. The summed E-state index contributed by atoms with van der Waals surface area (Å²) in [6.07, 6.45) is 0.546. The van der Waals surface area contributed by atoms with Crippen LogP contribution in [0.1, 0.15) is 38.2 Å². The number of carbonyl (C=O) groups is 1. The maximum absolute atomic E-state index is 11.3. The third-order valence-corrected chi connectivity index (χ3v) is 5.70. The number of aliphatic hydroxyl groups is 1. The summed E-state index contributed by atoms with van der Waals surface area (Å²) < 4.78 is 11.3. The second kappa shape index (κ2) is 6.75. The average molecular weight is 348 g/mol. The van der Waals surface area contributed by atoms with Crippen molar-refractivity contribution in [2.24, 2.45) is 11.3 Å². The molecule has 6 heteroatoms. The van der Waals surface area contributed by atoms with Crippen molar-refractivity contribution in [1.29, 1.82) is 0 Å². The van der Waals surface area contributed by atoms with Crippen LogP contribution in [0.2, 0.25) is 0 Å². The van der Waals surface area contributed by atoms with E-state index in [0.29, 0.717) is 30.6 Å². The molecule has 0 aromatic heterocycles. The number of ether oxygens (including phenoxy) is 2. The van der Waals surface area contributed by atoms with Gasteiger partial charge in [0.15, 0.2) is 11.5 Å². The lowest BCUT2D eigenvalue weighted by Crippen LogP contribution is -2.42. The molecule has 3 atom stereocenters. The number of benzene rings is 1. The monoisotopic (exact) mass is 348 g/mol. The van der Waals surface area contributed by atoms with E-state index in [0.717, 1.165) is 5.56 Å². The summed E-state index contributed by atoms with van der Waals surface area (Å²) in [7, 11) is 1.60. The number of carboxylic acid groups (broad SMARTS) is 1. The number of rotatable bonds is 6. The Balaban J connectivity index is 1.89. The lowest BCUT2D eigenvalue weighted by Gasteiger charge is -2.34. The van der Waals surface area contributed by atoms with Gasteiger partial charge in [-0.2, -0.15) is 0 Å². The molecule has 2 aliphatic rings. The molecular weight excluding hydrogens is 322 g/mol. The van der Waals surface area contributed by atoms with Gasteiger partial charge in [0.1, 0.15) is 6.09 Å². The highest BCUT2D eigenvalue weighted by Crippen LogP contribution is 2.46. The lowest BCUT2D eigenvalue weighted by atomic mass is 9.72. The van der Waals surface area contributed by atoms with Crippen LogP contribution in [-0.4, -0.2) is 49.0 Å². The molecule has 1 aliphatic carbocycles. The highest BCUT2D eigenvalue weighted by molar-refractivity contribution is 5.63. The number of hydrogen-bond acceptors (Lipinski definition) is 5. The van der Waals surface area contributed by atoms with Gasteiger partial charge < -0.3 is 29.4 Å². The first-order valence-corrected chi connectivity index (χ1v) is 8.80. The zero-order valence-electron chi connectivity index (χ0n) is 15.0. The molecule has 1 heterocycles. The molecule has 2 fully saturated rings. The summed E-state index contributed by atoms with van der Waals surface area (Å²) in [5.74, 6) is 1.82. The van der Waals surface area contributed by atoms with E-state index >= 15 is 0 Å². The van der Waals surface area contributed by atoms with Crippen molar-refractivity contribution in [3.63, 3.8) is 0 Å². The van der Waals surface area contributed by atoms with Gasteiger partial charge >= 0.3 is 0 Å². The van der Waals surface area contributed by atoms with Crippen LogP contribution in [0.3, 0.4) is 0 Å². The fourth-order valence-electron chi connectivity index (χ4n) is 3.58. The fraction of sp³-hybridized carbons (Fsp3) is 0.632. The van der Waals surface area contributed by atoms with Gasteiger partial charge in [-0.05, 0) is 43.4 Å². The Morgan fingerprint density at radius 3 is 2.72 bits per heavy atom. The predicted octanol–water partition coefficient (Wildman–Crippen LogP) is 1.61. The van der Waals surface area contributed by atoms with Gasteiger partial charge in [-0.1, -0.05) is 13.0 Å². The van der Waals surface area contributed by atoms with Gasteiger partial charge in [-0.3, -0.25) is 0 Å². The zero-order valence-corrected chi connectivity index (χ0v) is 15.0. The summed E-state index contributed by atoms with van der Waals surface area (Å²) in [6.45, 7) is 4.85. The number of amides is 1. The van der Waals surface area contributed by atoms with Crippen LogP contribution in [0.15, 0.2) is 18.2 Å². The number of aliphatic hydroxyl groups excluding tert-OH is 1.